The molecule has 0 unspecified atom stereocenters. The molecule has 0 amide bonds. The van der Waals surface area contributed by atoms with Gasteiger partial charge in [0.2, 0.25) is 0 Å². The van der Waals surface area contributed by atoms with Gasteiger partial charge in [0.25, 0.3) is 5.56 Å². The highest BCUT2D eigenvalue weighted by Crippen LogP contribution is 2.37. The standard InChI is InChI=1S/C27H32N4O17/c1-9(32)41-7-15-18(43-11(3)34)20(45-13(5)36)24(47-15)30-17-22(28-26(30)39)31(27(40)29-23(17)38)25-21(46-14(6)37)19(44-12(4)35)16(48-25)8-42-10(2)33/h15-16,18-21,24-25H,7-8H2,1-6H3,(H,28,39)(H,29,38,40)/t15-,16+,18+,19+,20+,21-,24-,25+/m1/s1. The Kier molecular flexibility index (Phi) is 10.5. The third-order valence-corrected chi connectivity index (χ3v) is 6.99. The van der Waals surface area contributed by atoms with Crippen LogP contribution in [-0.2, 0) is 66.7 Å². The molecule has 2 saturated heterocycles. The summed E-state index contributed by atoms with van der Waals surface area (Å²) in [6.07, 6.45) is -12.1. The van der Waals surface area contributed by atoms with Crippen molar-refractivity contribution in [3.8, 4) is 0 Å². The van der Waals surface area contributed by atoms with E-state index in [9.17, 15) is 43.2 Å². The van der Waals surface area contributed by atoms with Crippen molar-refractivity contribution in [2.24, 2.45) is 0 Å². The maximum Gasteiger partial charge on any atom is 0.332 e. The van der Waals surface area contributed by atoms with Gasteiger partial charge in [-0.2, -0.15) is 0 Å². The molecule has 2 aromatic rings. The Bertz CT molecular complexity index is 1800. The molecule has 0 bridgehead atoms. The lowest BCUT2D eigenvalue weighted by Crippen LogP contribution is -2.43. The van der Waals surface area contributed by atoms with Gasteiger partial charge in [-0.25, -0.2) is 14.2 Å². The fourth-order valence-corrected chi connectivity index (χ4v) is 5.43. The second kappa shape index (κ2) is 14.2. The Morgan fingerprint density at radius 3 is 1.33 bits per heavy atom. The Balaban J connectivity index is 1.91. The van der Waals surface area contributed by atoms with E-state index in [4.69, 9.17) is 37.9 Å². The molecule has 2 aromatic heterocycles. The number of ether oxygens (including phenoxy) is 8. The average molecular weight is 685 g/mol. The van der Waals surface area contributed by atoms with Gasteiger partial charge < -0.3 is 37.9 Å². The van der Waals surface area contributed by atoms with Crippen molar-refractivity contribution >= 4 is 47.0 Å². The predicted octanol–water partition coefficient (Wildman–Crippen LogP) is -2.17. The molecule has 2 aliphatic heterocycles. The predicted molar refractivity (Wildman–Crippen MR) is 151 cm³/mol. The second-order valence-electron chi connectivity index (χ2n) is 10.7. The number of imidazole rings is 1. The number of carbonyl (C=O) groups excluding carboxylic acids is 6. The minimum Gasteiger partial charge on any atom is -0.463 e. The topological polar surface area (TPSA) is 269 Å². The first-order valence-corrected chi connectivity index (χ1v) is 14.3. The molecule has 48 heavy (non-hydrogen) atoms. The van der Waals surface area contributed by atoms with E-state index in [-0.39, 0.29) is 0 Å². The van der Waals surface area contributed by atoms with Crippen molar-refractivity contribution in [3.05, 3.63) is 31.3 Å². The highest BCUT2D eigenvalue weighted by molar-refractivity contribution is 5.71. The van der Waals surface area contributed by atoms with E-state index in [2.05, 4.69) is 4.98 Å². The lowest BCUT2D eigenvalue weighted by atomic mass is 10.1. The van der Waals surface area contributed by atoms with E-state index in [1.807, 2.05) is 4.98 Å². The summed E-state index contributed by atoms with van der Waals surface area (Å²) >= 11 is 0. The van der Waals surface area contributed by atoms with Crippen molar-refractivity contribution in [1.82, 2.24) is 19.1 Å². The van der Waals surface area contributed by atoms with Crippen LogP contribution in [-0.4, -0.2) is 105 Å². The van der Waals surface area contributed by atoms with E-state index in [0.717, 1.165) is 41.5 Å². The summed E-state index contributed by atoms with van der Waals surface area (Å²) < 4.78 is 44.5. The molecule has 2 fully saturated rings. The third-order valence-electron chi connectivity index (χ3n) is 6.99. The molecule has 4 rings (SSSR count). The minimum atomic E-state index is -1.72. The van der Waals surface area contributed by atoms with Crippen LogP contribution in [0.2, 0.25) is 0 Å². The molecule has 0 saturated carbocycles. The highest BCUT2D eigenvalue weighted by Gasteiger charge is 2.54. The van der Waals surface area contributed by atoms with Crippen LogP contribution < -0.4 is 16.9 Å². The molecule has 2 N–H and O–H groups in total. The number of aromatic nitrogens is 4. The van der Waals surface area contributed by atoms with Gasteiger partial charge in [-0.05, 0) is 0 Å². The zero-order valence-electron chi connectivity index (χ0n) is 26.4. The van der Waals surface area contributed by atoms with Gasteiger partial charge in [0.05, 0.1) is 0 Å². The van der Waals surface area contributed by atoms with Gasteiger partial charge in [-0.1, -0.05) is 0 Å². The summed E-state index contributed by atoms with van der Waals surface area (Å²) in [7, 11) is 0. The van der Waals surface area contributed by atoms with Crippen molar-refractivity contribution in [2.75, 3.05) is 13.2 Å². The fourth-order valence-electron chi connectivity index (χ4n) is 5.43. The van der Waals surface area contributed by atoms with Crippen LogP contribution in [0.4, 0.5) is 0 Å². The van der Waals surface area contributed by atoms with E-state index >= 15 is 0 Å². The van der Waals surface area contributed by atoms with Crippen LogP contribution in [0.1, 0.15) is 54.0 Å². The van der Waals surface area contributed by atoms with E-state index in [1.54, 1.807) is 0 Å². The Hall–Kier alpha value is -5.31. The van der Waals surface area contributed by atoms with Gasteiger partial charge in [-0.3, -0.25) is 48.1 Å². The summed E-state index contributed by atoms with van der Waals surface area (Å²) in [6.45, 7) is 5.26. The average Bonchev–Trinajstić information content (AvgIpc) is 3.57. The number of nitrogens with zero attached hydrogens (tertiary/aromatic N) is 2. The number of H-pyrrole nitrogens is 2. The first kappa shape index (κ1) is 35.5. The molecule has 8 atom stereocenters. The van der Waals surface area contributed by atoms with Gasteiger partial charge in [0, 0.05) is 41.5 Å². The van der Waals surface area contributed by atoms with Crippen LogP contribution in [0.15, 0.2) is 14.4 Å². The quantitative estimate of drug-likeness (QED) is 0.199. The summed E-state index contributed by atoms with van der Waals surface area (Å²) in [5.41, 5.74) is -4.57. The zero-order valence-corrected chi connectivity index (χ0v) is 26.4. The molecule has 21 heteroatoms. The SMILES string of the molecule is CC(=O)OC[C@@H]1O[C@H](n2c(=O)[nH]c(=O)c3c2[nH]c(=O)n3[C@@H]2O[C@H](COC(C)=O)[C@H](OC(C)=O)[C@@H]2OC(C)=O)[C@H](OC(C)=O)[C@H]1OC(C)=O. The number of aromatic amines is 2. The lowest BCUT2D eigenvalue weighted by Gasteiger charge is -2.24. The number of fused-ring (bicyclic) bond motifs is 1. The number of hydrogen-bond donors (Lipinski definition) is 2. The number of rotatable bonds is 10. The van der Waals surface area contributed by atoms with Gasteiger partial charge in [0.15, 0.2) is 48.0 Å². The molecule has 0 aromatic carbocycles. The van der Waals surface area contributed by atoms with Gasteiger partial charge in [0.1, 0.15) is 25.4 Å². The van der Waals surface area contributed by atoms with Crippen LogP contribution in [0.3, 0.4) is 0 Å². The molecule has 4 heterocycles. The summed E-state index contributed by atoms with van der Waals surface area (Å²) in [4.78, 5) is 116. The van der Waals surface area contributed by atoms with Crippen LogP contribution in [0, 0.1) is 0 Å². The highest BCUT2D eigenvalue weighted by atomic mass is 16.7. The monoisotopic (exact) mass is 684 g/mol. The van der Waals surface area contributed by atoms with Crippen LogP contribution in [0.25, 0.3) is 11.2 Å². The van der Waals surface area contributed by atoms with Gasteiger partial charge >= 0.3 is 47.2 Å². The smallest absolute Gasteiger partial charge is 0.332 e. The molecule has 21 nitrogen and oxygen atoms in total. The zero-order chi connectivity index (χ0) is 35.6. The molecular formula is C27H32N4O17. The Morgan fingerprint density at radius 2 is 0.938 bits per heavy atom. The van der Waals surface area contributed by atoms with E-state index < -0.39 is 126 Å². The van der Waals surface area contributed by atoms with Crippen LogP contribution in [0.5, 0.6) is 0 Å². The van der Waals surface area contributed by atoms with Crippen molar-refractivity contribution in [3.63, 3.8) is 0 Å². The number of carbonyl (C=O) groups is 6. The maximum atomic E-state index is 13.6. The maximum absolute atomic E-state index is 13.6. The lowest BCUT2D eigenvalue weighted by molar-refractivity contribution is -0.166. The second-order valence-corrected chi connectivity index (χ2v) is 10.7. The molecule has 262 valence electrons. The van der Waals surface area contributed by atoms with Crippen molar-refractivity contribution in [1.29, 1.82) is 0 Å². The van der Waals surface area contributed by atoms with E-state index in [0.29, 0.717) is 9.13 Å². The van der Waals surface area contributed by atoms with E-state index in [1.165, 1.54) is 0 Å². The fraction of sp³-hybridized carbons (Fsp3) is 0.593. The van der Waals surface area contributed by atoms with Gasteiger partial charge in [-0.15, -0.1) is 0 Å². The minimum absolute atomic E-state index is 0.525. The first-order chi connectivity index (χ1) is 22.5. The molecule has 0 spiro atoms. The number of nitrogens with one attached hydrogen (secondary N) is 2. The third kappa shape index (κ3) is 7.46. The summed E-state index contributed by atoms with van der Waals surface area (Å²) in [5.74, 6) is -5.00. The molecule has 2 aliphatic rings. The van der Waals surface area contributed by atoms with Crippen molar-refractivity contribution < 1.29 is 66.7 Å². The summed E-state index contributed by atoms with van der Waals surface area (Å²) in [6, 6.07) is 0. The number of hydrogen-bond acceptors (Lipinski definition) is 17. The normalized spacial score (nSPS) is 26.5. The molecule has 0 aliphatic carbocycles. The molecular weight excluding hydrogens is 652 g/mol. The van der Waals surface area contributed by atoms with Crippen LogP contribution >= 0.6 is 0 Å². The Morgan fingerprint density at radius 1 is 0.562 bits per heavy atom. The van der Waals surface area contributed by atoms with Crippen molar-refractivity contribution in [2.45, 2.75) is 90.6 Å². The first-order valence-electron chi connectivity index (χ1n) is 14.3. The number of esters is 6. The summed E-state index contributed by atoms with van der Waals surface area (Å²) in [5, 5.41) is 0. The Labute approximate surface area is 268 Å². The largest absolute Gasteiger partial charge is 0.463 e. The molecule has 0 radical (unpaired) electrons.